The molecule has 2 unspecified atom stereocenters. The summed E-state index contributed by atoms with van der Waals surface area (Å²) < 4.78 is 0. The van der Waals surface area contributed by atoms with Gasteiger partial charge in [0.05, 0.1) is 0 Å². The molecule has 0 bridgehead atoms. The van der Waals surface area contributed by atoms with E-state index in [1.165, 1.54) is 6.42 Å². The summed E-state index contributed by atoms with van der Waals surface area (Å²) in [5.41, 5.74) is 7.75. The van der Waals surface area contributed by atoms with E-state index in [4.69, 9.17) is 17.3 Å². The van der Waals surface area contributed by atoms with Crippen LogP contribution in [0.4, 0.5) is 5.69 Å². The summed E-state index contributed by atoms with van der Waals surface area (Å²) in [4.78, 5) is 2.49. The summed E-state index contributed by atoms with van der Waals surface area (Å²) in [5.74, 6) is 1.55. The Morgan fingerprint density at radius 2 is 1.94 bits per heavy atom. The fourth-order valence-electron chi connectivity index (χ4n) is 2.88. The molecule has 0 amide bonds. The molecule has 1 aliphatic rings. The topological polar surface area (TPSA) is 29.3 Å². The van der Waals surface area contributed by atoms with Gasteiger partial charge in [0.2, 0.25) is 0 Å². The zero-order valence-corrected chi connectivity index (χ0v) is 11.4. The van der Waals surface area contributed by atoms with Crippen molar-refractivity contribution >= 4 is 17.3 Å². The first-order valence-corrected chi connectivity index (χ1v) is 6.68. The number of benzene rings is 1. The van der Waals surface area contributed by atoms with Gasteiger partial charge in [0, 0.05) is 30.3 Å². The van der Waals surface area contributed by atoms with Crippen LogP contribution in [0.3, 0.4) is 0 Å². The first kappa shape index (κ1) is 12.7. The average molecular weight is 253 g/mol. The molecule has 17 heavy (non-hydrogen) atoms. The predicted molar refractivity (Wildman–Crippen MR) is 74.1 cm³/mol. The van der Waals surface area contributed by atoms with Crippen LogP contribution in [0.1, 0.15) is 25.8 Å². The number of piperidine rings is 1. The standard InChI is InChI=1S/C14H21ClN2/c1-10-5-11(2)8-17(7-10)9-12-6-13(16)3-4-14(12)15/h3-4,6,10-11H,5,7-9,16H2,1-2H3. The van der Waals surface area contributed by atoms with E-state index in [1.54, 1.807) is 0 Å². The van der Waals surface area contributed by atoms with Crippen LogP contribution in [0.25, 0.3) is 0 Å². The van der Waals surface area contributed by atoms with Gasteiger partial charge in [-0.2, -0.15) is 0 Å². The summed E-state index contributed by atoms with van der Waals surface area (Å²) in [6.45, 7) is 7.89. The summed E-state index contributed by atoms with van der Waals surface area (Å²) in [7, 11) is 0. The van der Waals surface area contributed by atoms with Crippen LogP contribution < -0.4 is 5.73 Å². The van der Waals surface area contributed by atoms with E-state index in [1.807, 2.05) is 18.2 Å². The van der Waals surface area contributed by atoms with E-state index in [0.29, 0.717) is 0 Å². The Bertz CT molecular complexity index is 382. The lowest BCUT2D eigenvalue weighted by atomic mass is 9.91. The van der Waals surface area contributed by atoms with Crippen molar-refractivity contribution in [3.8, 4) is 0 Å². The molecule has 2 rings (SSSR count). The van der Waals surface area contributed by atoms with E-state index >= 15 is 0 Å². The highest BCUT2D eigenvalue weighted by Gasteiger charge is 2.22. The van der Waals surface area contributed by atoms with Crippen LogP contribution in [-0.2, 0) is 6.54 Å². The number of nitrogens with zero attached hydrogens (tertiary/aromatic N) is 1. The molecule has 0 spiro atoms. The Hall–Kier alpha value is -0.730. The number of rotatable bonds is 2. The Morgan fingerprint density at radius 3 is 2.59 bits per heavy atom. The van der Waals surface area contributed by atoms with Gasteiger partial charge in [0.1, 0.15) is 0 Å². The molecule has 2 atom stereocenters. The van der Waals surface area contributed by atoms with Crippen molar-refractivity contribution in [3.05, 3.63) is 28.8 Å². The van der Waals surface area contributed by atoms with Gasteiger partial charge in [-0.05, 0) is 42.0 Å². The van der Waals surface area contributed by atoms with Gasteiger partial charge in [0.15, 0.2) is 0 Å². The predicted octanol–water partition coefficient (Wildman–Crippen LogP) is 3.40. The molecule has 3 heteroatoms. The van der Waals surface area contributed by atoms with E-state index in [9.17, 15) is 0 Å². The minimum absolute atomic E-state index is 0.776. The van der Waals surface area contributed by atoms with E-state index in [2.05, 4.69) is 18.7 Å². The molecule has 0 aromatic heterocycles. The Morgan fingerprint density at radius 1 is 1.29 bits per heavy atom. The maximum absolute atomic E-state index is 6.21. The average Bonchev–Trinajstić information content (AvgIpc) is 2.22. The fraction of sp³-hybridized carbons (Fsp3) is 0.571. The maximum Gasteiger partial charge on any atom is 0.0452 e. The van der Waals surface area contributed by atoms with Crippen molar-refractivity contribution in [1.29, 1.82) is 0 Å². The SMILES string of the molecule is CC1CC(C)CN(Cc2cc(N)ccc2Cl)C1. The minimum atomic E-state index is 0.776. The zero-order chi connectivity index (χ0) is 12.4. The third kappa shape index (κ3) is 3.36. The molecule has 0 aliphatic carbocycles. The number of hydrogen-bond acceptors (Lipinski definition) is 2. The van der Waals surface area contributed by atoms with Gasteiger partial charge in [-0.3, -0.25) is 4.90 Å². The fourth-order valence-corrected chi connectivity index (χ4v) is 3.06. The third-order valence-corrected chi connectivity index (χ3v) is 3.78. The molecule has 2 nitrogen and oxygen atoms in total. The van der Waals surface area contributed by atoms with E-state index in [-0.39, 0.29) is 0 Å². The monoisotopic (exact) mass is 252 g/mol. The molecule has 1 heterocycles. The molecule has 0 radical (unpaired) electrons. The number of nitrogens with two attached hydrogens (primary N) is 1. The number of likely N-dealkylation sites (tertiary alicyclic amines) is 1. The van der Waals surface area contributed by atoms with Gasteiger partial charge in [0.25, 0.3) is 0 Å². The normalized spacial score (nSPS) is 26.1. The molecule has 94 valence electrons. The van der Waals surface area contributed by atoms with Gasteiger partial charge < -0.3 is 5.73 Å². The van der Waals surface area contributed by atoms with E-state index in [0.717, 1.165) is 47.7 Å². The van der Waals surface area contributed by atoms with Gasteiger partial charge >= 0.3 is 0 Å². The summed E-state index contributed by atoms with van der Waals surface area (Å²) >= 11 is 6.21. The Balaban J connectivity index is 2.07. The Labute approximate surface area is 109 Å². The zero-order valence-electron chi connectivity index (χ0n) is 10.6. The van der Waals surface area contributed by atoms with E-state index < -0.39 is 0 Å². The van der Waals surface area contributed by atoms with Crippen LogP contribution in [0.5, 0.6) is 0 Å². The minimum Gasteiger partial charge on any atom is -0.399 e. The number of hydrogen-bond donors (Lipinski definition) is 1. The molecular formula is C14H21ClN2. The molecular weight excluding hydrogens is 232 g/mol. The van der Waals surface area contributed by atoms with Gasteiger partial charge in [-0.25, -0.2) is 0 Å². The van der Waals surface area contributed by atoms with Crippen molar-refractivity contribution < 1.29 is 0 Å². The molecule has 1 aliphatic heterocycles. The lowest BCUT2D eigenvalue weighted by molar-refractivity contribution is 0.134. The molecule has 0 saturated carbocycles. The van der Waals surface area contributed by atoms with Crippen molar-refractivity contribution in [1.82, 2.24) is 4.90 Å². The smallest absolute Gasteiger partial charge is 0.0452 e. The van der Waals surface area contributed by atoms with Gasteiger partial charge in [-0.15, -0.1) is 0 Å². The van der Waals surface area contributed by atoms with Crippen LogP contribution in [-0.4, -0.2) is 18.0 Å². The first-order chi connectivity index (χ1) is 8.04. The first-order valence-electron chi connectivity index (χ1n) is 6.31. The van der Waals surface area contributed by atoms with Crippen molar-refractivity contribution in [3.63, 3.8) is 0 Å². The van der Waals surface area contributed by atoms with Crippen LogP contribution >= 0.6 is 11.6 Å². The largest absolute Gasteiger partial charge is 0.399 e. The lowest BCUT2D eigenvalue weighted by Crippen LogP contribution is -2.38. The molecule has 1 fully saturated rings. The second kappa shape index (κ2) is 5.28. The highest BCUT2D eigenvalue weighted by Crippen LogP contribution is 2.25. The highest BCUT2D eigenvalue weighted by molar-refractivity contribution is 6.31. The maximum atomic E-state index is 6.21. The van der Waals surface area contributed by atoms with Gasteiger partial charge in [-0.1, -0.05) is 25.4 Å². The third-order valence-electron chi connectivity index (χ3n) is 3.41. The van der Waals surface area contributed by atoms with Crippen LogP contribution in [0.2, 0.25) is 5.02 Å². The van der Waals surface area contributed by atoms with Crippen LogP contribution in [0.15, 0.2) is 18.2 Å². The molecule has 1 aromatic carbocycles. The second-order valence-corrected chi connectivity index (χ2v) is 5.90. The van der Waals surface area contributed by atoms with Crippen molar-refractivity contribution in [2.24, 2.45) is 11.8 Å². The molecule has 1 aromatic rings. The number of halogens is 1. The number of anilines is 1. The molecule has 1 saturated heterocycles. The number of nitrogen functional groups attached to an aromatic ring is 1. The van der Waals surface area contributed by atoms with Crippen molar-refractivity contribution in [2.45, 2.75) is 26.8 Å². The highest BCUT2D eigenvalue weighted by atomic mass is 35.5. The molecule has 2 N–H and O–H groups in total. The summed E-state index contributed by atoms with van der Waals surface area (Å²) in [5, 5.41) is 0.824. The summed E-state index contributed by atoms with van der Waals surface area (Å²) in [6.07, 6.45) is 1.33. The lowest BCUT2D eigenvalue weighted by Gasteiger charge is -2.35. The second-order valence-electron chi connectivity index (χ2n) is 5.49. The summed E-state index contributed by atoms with van der Waals surface area (Å²) in [6, 6.07) is 5.74. The Kier molecular flexibility index (Phi) is 3.95. The van der Waals surface area contributed by atoms with Crippen molar-refractivity contribution in [2.75, 3.05) is 18.8 Å². The van der Waals surface area contributed by atoms with Crippen LogP contribution in [0, 0.1) is 11.8 Å². The quantitative estimate of drug-likeness (QED) is 0.818.